The van der Waals surface area contributed by atoms with Crippen LogP contribution >= 0.6 is 11.6 Å². The fourth-order valence-electron chi connectivity index (χ4n) is 3.44. The topological polar surface area (TPSA) is 7.12 Å². The van der Waals surface area contributed by atoms with E-state index in [1.165, 1.54) is 35.0 Å². The number of rotatable bonds is 3. The van der Waals surface area contributed by atoms with Crippen LogP contribution in [0.25, 0.3) is 10.9 Å². The Labute approximate surface area is 158 Å². The van der Waals surface area contributed by atoms with Crippen LogP contribution in [0.3, 0.4) is 0 Å². The molecule has 124 valence electrons. The zero-order chi connectivity index (χ0) is 15.6. The number of halogens is 2. The molecular formula is C20H20BrClN2. The second-order valence-corrected chi connectivity index (χ2v) is 6.61. The number of hydrogen-bond acceptors (Lipinski definition) is 1. The molecule has 0 radical (unpaired) electrons. The predicted molar refractivity (Wildman–Crippen MR) is 96.1 cm³/mol. The molecule has 4 rings (SSSR count). The van der Waals surface area contributed by atoms with E-state index in [2.05, 4.69) is 64.2 Å². The number of nitrogens with zero attached hydrogens (tertiary/aromatic N) is 2. The lowest BCUT2D eigenvalue weighted by Crippen LogP contribution is -3.00. The van der Waals surface area contributed by atoms with Crippen molar-refractivity contribution in [3.63, 3.8) is 0 Å². The van der Waals surface area contributed by atoms with Crippen LogP contribution in [0.1, 0.15) is 18.4 Å². The first-order valence-corrected chi connectivity index (χ1v) is 8.60. The van der Waals surface area contributed by atoms with E-state index in [0.29, 0.717) is 0 Å². The highest BCUT2D eigenvalue weighted by molar-refractivity contribution is 6.31. The van der Waals surface area contributed by atoms with Gasteiger partial charge in [-0.15, -0.1) is 0 Å². The van der Waals surface area contributed by atoms with Crippen LogP contribution in [0.2, 0.25) is 5.02 Å². The summed E-state index contributed by atoms with van der Waals surface area (Å²) in [6.07, 6.45) is 4.77. The molecule has 0 atom stereocenters. The quantitative estimate of drug-likeness (QED) is 0.600. The molecule has 2 aromatic carbocycles. The Hall–Kier alpha value is -1.58. The summed E-state index contributed by atoms with van der Waals surface area (Å²) < 4.78 is 2.29. The van der Waals surface area contributed by atoms with Crippen LogP contribution in [0.15, 0.2) is 60.8 Å². The van der Waals surface area contributed by atoms with Gasteiger partial charge in [-0.1, -0.05) is 41.9 Å². The van der Waals surface area contributed by atoms with E-state index in [-0.39, 0.29) is 17.0 Å². The summed E-state index contributed by atoms with van der Waals surface area (Å²) in [6.45, 7) is 3.17. The zero-order valence-corrected chi connectivity index (χ0v) is 15.8. The molecular weight excluding hydrogens is 384 g/mol. The monoisotopic (exact) mass is 402 g/mol. The maximum absolute atomic E-state index is 6.28. The molecule has 0 saturated carbocycles. The fraction of sp³-hybridized carbons (Fsp3) is 0.250. The van der Waals surface area contributed by atoms with Crippen LogP contribution in [0.5, 0.6) is 0 Å². The van der Waals surface area contributed by atoms with Crippen molar-refractivity contribution in [3.05, 3.63) is 71.4 Å². The number of fused-ring (bicyclic) bond motifs is 1. The van der Waals surface area contributed by atoms with Crippen molar-refractivity contribution in [1.29, 1.82) is 0 Å². The number of benzene rings is 2. The molecule has 0 aliphatic carbocycles. The first-order valence-electron chi connectivity index (χ1n) is 8.22. The minimum Gasteiger partial charge on any atom is -1.00 e. The first kappa shape index (κ1) is 17.2. The maximum atomic E-state index is 6.28. The van der Waals surface area contributed by atoms with Crippen molar-refractivity contribution in [3.8, 4) is 0 Å². The summed E-state index contributed by atoms with van der Waals surface area (Å²) in [6, 6.07) is 19.1. The van der Waals surface area contributed by atoms with Crippen molar-refractivity contribution in [2.75, 3.05) is 18.0 Å². The van der Waals surface area contributed by atoms with Gasteiger partial charge in [-0.25, -0.2) is 0 Å². The number of anilines is 1. The molecule has 0 bridgehead atoms. The summed E-state index contributed by atoms with van der Waals surface area (Å²) >= 11 is 6.28. The average molecular weight is 404 g/mol. The molecule has 1 aliphatic heterocycles. The highest BCUT2D eigenvalue weighted by Gasteiger charge is 2.19. The van der Waals surface area contributed by atoms with Crippen molar-refractivity contribution < 1.29 is 21.5 Å². The Morgan fingerprint density at radius 2 is 1.71 bits per heavy atom. The van der Waals surface area contributed by atoms with E-state index in [1.807, 2.05) is 6.07 Å². The van der Waals surface area contributed by atoms with E-state index >= 15 is 0 Å². The lowest BCUT2D eigenvalue weighted by molar-refractivity contribution is -0.662. The fourth-order valence-corrected chi connectivity index (χ4v) is 3.61. The lowest BCUT2D eigenvalue weighted by Gasteiger charge is -2.19. The van der Waals surface area contributed by atoms with Gasteiger partial charge in [0.15, 0.2) is 12.7 Å². The SMILES string of the molecule is Clc1ccc2c(N3CCCC3)cc[n+](Cc3ccccc3)c2c1.[Br-]. The van der Waals surface area contributed by atoms with Gasteiger partial charge < -0.3 is 21.9 Å². The van der Waals surface area contributed by atoms with Crippen LogP contribution in [0.4, 0.5) is 5.69 Å². The van der Waals surface area contributed by atoms with E-state index in [4.69, 9.17) is 11.6 Å². The molecule has 4 heteroatoms. The van der Waals surface area contributed by atoms with Gasteiger partial charge in [0.2, 0.25) is 5.52 Å². The number of hydrogen-bond donors (Lipinski definition) is 0. The van der Waals surface area contributed by atoms with Crippen LogP contribution in [0, 0.1) is 0 Å². The zero-order valence-electron chi connectivity index (χ0n) is 13.5. The molecule has 1 aromatic heterocycles. The van der Waals surface area contributed by atoms with E-state index in [1.54, 1.807) is 0 Å². The van der Waals surface area contributed by atoms with Crippen LogP contribution in [-0.2, 0) is 6.54 Å². The molecule has 0 spiro atoms. The second-order valence-electron chi connectivity index (χ2n) is 6.17. The molecule has 3 aromatic rings. The van der Waals surface area contributed by atoms with Crippen molar-refractivity contribution in [1.82, 2.24) is 0 Å². The maximum Gasteiger partial charge on any atom is 0.216 e. The molecule has 1 aliphatic rings. The van der Waals surface area contributed by atoms with Gasteiger partial charge in [0.25, 0.3) is 0 Å². The van der Waals surface area contributed by atoms with Gasteiger partial charge in [-0.3, -0.25) is 0 Å². The predicted octanol–water partition coefficient (Wildman–Crippen LogP) is 1.43. The summed E-state index contributed by atoms with van der Waals surface area (Å²) in [5.41, 5.74) is 3.83. The largest absolute Gasteiger partial charge is 1.00 e. The van der Waals surface area contributed by atoms with Crippen LogP contribution in [-0.4, -0.2) is 13.1 Å². The van der Waals surface area contributed by atoms with Gasteiger partial charge in [0, 0.05) is 35.8 Å². The first-order chi connectivity index (χ1) is 11.3. The molecule has 1 fully saturated rings. The van der Waals surface area contributed by atoms with Gasteiger partial charge in [-0.2, -0.15) is 4.57 Å². The Balaban J connectivity index is 0.00000169. The van der Waals surface area contributed by atoms with Crippen LogP contribution < -0.4 is 26.4 Å². The molecule has 0 amide bonds. The van der Waals surface area contributed by atoms with E-state index < -0.39 is 0 Å². The summed E-state index contributed by atoms with van der Waals surface area (Å²) in [4.78, 5) is 2.49. The number of aromatic nitrogens is 1. The van der Waals surface area contributed by atoms with Gasteiger partial charge >= 0.3 is 0 Å². The van der Waals surface area contributed by atoms with Crippen molar-refractivity contribution in [2.45, 2.75) is 19.4 Å². The van der Waals surface area contributed by atoms with Gasteiger partial charge in [0.05, 0.1) is 11.1 Å². The molecule has 1 saturated heterocycles. The highest BCUT2D eigenvalue weighted by Crippen LogP contribution is 2.29. The van der Waals surface area contributed by atoms with Gasteiger partial charge in [-0.05, 0) is 25.0 Å². The second kappa shape index (κ2) is 7.54. The molecule has 0 unspecified atom stereocenters. The average Bonchev–Trinajstić information content (AvgIpc) is 3.10. The van der Waals surface area contributed by atoms with Gasteiger partial charge in [0.1, 0.15) is 0 Å². The standard InChI is InChI=1S/C20H20ClN2.BrH/c21-17-8-9-18-19(22-11-4-5-12-22)10-13-23(20(18)14-17)15-16-6-2-1-3-7-16;/h1-3,6-10,13-14H,4-5,11-12,15H2;1H/q+1;/p-1. The molecule has 2 nitrogen and oxygen atoms in total. The third-order valence-corrected chi connectivity index (χ3v) is 4.84. The van der Waals surface area contributed by atoms with E-state index in [9.17, 15) is 0 Å². The highest BCUT2D eigenvalue weighted by atomic mass is 79.9. The lowest BCUT2D eigenvalue weighted by atomic mass is 10.1. The molecule has 2 heterocycles. The molecule has 24 heavy (non-hydrogen) atoms. The summed E-state index contributed by atoms with van der Waals surface area (Å²) in [5, 5.41) is 2.08. The summed E-state index contributed by atoms with van der Waals surface area (Å²) in [5.74, 6) is 0. The molecule has 0 N–H and O–H groups in total. The Morgan fingerprint density at radius 1 is 0.958 bits per heavy atom. The summed E-state index contributed by atoms with van der Waals surface area (Å²) in [7, 11) is 0. The Morgan fingerprint density at radius 3 is 2.46 bits per heavy atom. The van der Waals surface area contributed by atoms with E-state index in [0.717, 1.165) is 24.7 Å². The van der Waals surface area contributed by atoms with Crippen molar-refractivity contribution in [2.24, 2.45) is 0 Å². The smallest absolute Gasteiger partial charge is 0.216 e. The minimum atomic E-state index is 0. The van der Waals surface area contributed by atoms with Crippen molar-refractivity contribution >= 4 is 28.2 Å². The third kappa shape index (κ3) is 3.42. The minimum absolute atomic E-state index is 0. The normalized spacial score (nSPS) is 14.0. The number of pyridine rings is 1. The Bertz CT molecular complexity index is 830. The third-order valence-electron chi connectivity index (χ3n) is 4.60. The Kier molecular flexibility index (Phi) is 5.42.